The number of hydrogen-bond acceptors (Lipinski definition) is 1. The Morgan fingerprint density at radius 3 is 2.81 bits per heavy atom. The van der Waals surface area contributed by atoms with Crippen LogP contribution < -0.4 is 0 Å². The molecule has 0 amide bonds. The van der Waals surface area contributed by atoms with Crippen LogP contribution in [0.5, 0.6) is 0 Å². The molecule has 1 aromatic rings. The van der Waals surface area contributed by atoms with Gasteiger partial charge in [0.1, 0.15) is 0 Å². The van der Waals surface area contributed by atoms with Crippen LogP contribution in [0.2, 0.25) is 0 Å². The second-order valence-electron chi connectivity index (χ2n) is 5.60. The average molecular weight is 216 g/mol. The topological polar surface area (TPSA) is 20.2 Å². The molecule has 0 spiro atoms. The van der Waals surface area contributed by atoms with E-state index in [9.17, 15) is 5.11 Å². The molecule has 1 fully saturated rings. The first-order valence-electron chi connectivity index (χ1n) is 6.53. The Morgan fingerprint density at radius 2 is 2.06 bits per heavy atom. The molecule has 0 radical (unpaired) electrons. The third-order valence-electron chi connectivity index (χ3n) is 4.27. The van der Waals surface area contributed by atoms with Crippen molar-refractivity contribution in [2.45, 2.75) is 45.1 Å². The van der Waals surface area contributed by atoms with E-state index in [0.29, 0.717) is 5.92 Å². The minimum absolute atomic E-state index is 0.116. The van der Waals surface area contributed by atoms with E-state index < -0.39 is 0 Å². The van der Waals surface area contributed by atoms with Crippen LogP contribution in [0.15, 0.2) is 18.2 Å². The van der Waals surface area contributed by atoms with Gasteiger partial charge in [0.05, 0.1) is 6.10 Å². The highest BCUT2D eigenvalue weighted by Crippen LogP contribution is 2.41. The van der Waals surface area contributed by atoms with Crippen molar-refractivity contribution in [2.75, 3.05) is 0 Å². The Bertz CT molecular complexity index is 396. The van der Waals surface area contributed by atoms with Crippen LogP contribution in [0, 0.1) is 11.8 Å². The van der Waals surface area contributed by atoms with Gasteiger partial charge in [-0.15, -0.1) is 0 Å². The van der Waals surface area contributed by atoms with Crippen molar-refractivity contribution in [3.63, 3.8) is 0 Å². The molecule has 0 aliphatic heterocycles. The first-order valence-corrected chi connectivity index (χ1v) is 6.53. The summed E-state index contributed by atoms with van der Waals surface area (Å²) in [6.45, 7) is 2.23. The monoisotopic (exact) mass is 216 g/mol. The minimum atomic E-state index is -0.116. The van der Waals surface area contributed by atoms with Gasteiger partial charge in [-0.2, -0.15) is 0 Å². The fraction of sp³-hybridized carbons (Fsp3) is 0.600. The van der Waals surface area contributed by atoms with Crippen molar-refractivity contribution in [3.05, 3.63) is 34.9 Å². The fourth-order valence-electron chi connectivity index (χ4n) is 3.03. The highest BCUT2D eigenvalue weighted by molar-refractivity contribution is 5.35. The zero-order valence-corrected chi connectivity index (χ0v) is 9.95. The van der Waals surface area contributed by atoms with Gasteiger partial charge in [-0.25, -0.2) is 0 Å². The van der Waals surface area contributed by atoms with E-state index in [-0.39, 0.29) is 6.10 Å². The highest BCUT2D eigenvalue weighted by atomic mass is 16.3. The van der Waals surface area contributed by atoms with Crippen LogP contribution in [0.25, 0.3) is 0 Å². The van der Waals surface area contributed by atoms with Gasteiger partial charge >= 0.3 is 0 Å². The standard InChI is InChI=1S/C15H20O/c1-10-7-14(10)15(16)9-11-5-6-12-3-2-4-13(12)8-11/h5-6,8,10,14-16H,2-4,7,9H2,1H3. The third-order valence-corrected chi connectivity index (χ3v) is 4.27. The van der Waals surface area contributed by atoms with Gasteiger partial charge in [0.25, 0.3) is 0 Å². The van der Waals surface area contributed by atoms with Gasteiger partial charge < -0.3 is 5.11 Å². The van der Waals surface area contributed by atoms with E-state index >= 15 is 0 Å². The molecule has 2 aliphatic carbocycles. The normalized spacial score (nSPS) is 28.9. The molecule has 1 saturated carbocycles. The predicted octanol–water partition coefficient (Wildman–Crippen LogP) is 2.73. The van der Waals surface area contributed by atoms with Crippen molar-refractivity contribution < 1.29 is 5.11 Å². The molecule has 1 aromatic carbocycles. The number of hydrogen-bond donors (Lipinski definition) is 1. The van der Waals surface area contributed by atoms with Crippen LogP contribution >= 0.6 is 0 Å². The smallest absolute Gasteiger partial charge is 0.0611 e. The van der Waals surface area contributed by atoms with Crippen LogP contribution in [-0.4, -0.2) is 11.2 Å². The summed E-state index contributed by atoms with van der Waals surface area (Å²) in [7, 11) is 0. The largest absolute Gasteiger partial charge is 0.392 e. The van der Waals surface area contributed by atoms with Crippen molar-refractivity contribution in [2.24, 2.45) is 11.8 Å². The molecule has 1 nitrogen and oxygen atoms in total. The van der Waals surface area contributed by atoms with Crippen molar-refractivity contribution >= 4 is 0 Å². The summed E-state index contributed by atoms with van der Waals surface area (Å²) in [5.74, 6) is 1.30. The van der Waals surface area contributed by atoms with Crippen molar-refractivity contribution in [1.29, 1.82) is 0 Å². The summed E-state index contributed by atoms with van der Waals surface area (Å²) in [6.07, 6.45) is 5.74. The van der Waals surface area contributed by atoms with E-state index in [2.05, 4.69) is 25.1 Å². The van der Waals surface area contributed by atoms with Gasteiger partial charge in [-0.05, 0) is 60.6 Å². The number of fused-ring (bicyclic) bond motifs is 1. The Labute approximate surface area is 97.5 Å². The van der Waals surface area contributed by atoms with Crippen LogP contribution in [-0.2, 0) is 19.3 Å². The van der Waals surface area contributed by atoms with E-state index in [0.717, 1.165) is 12.3 Å². The number of aliphatic hydroxyl groups excluding tert-OH is 1. The van der Waals surface area contributed by atoms with E-state index in [1.807, 2.05) is 0 Å². The van der Waals surface area contributed by atoms with Crippen LogP contribution in [0.1, 0.15) is 36.5 Å². The molecule has 3 rings (SSSR count). The van der Waals surface area contributed by atoms with Gasteiger partial charge in [-0.3, -0.25) is 0 Å². The predicted molar refractivity (Wildman–Crippen MR) is 65.4 cm³/mol. The number of rotatable bonds is 3. The van der Waals surface area contributed by atoms with E-state index in [4.69, 9.17) is 0 Å². The van der Waals surface area contributed by atoms with Gasteiger partial charge in [0, 0.05) is 0 Å². The lowest BCUT2D eigenvalue weighted by Gasteiger charge is -2.11. The van der Waals surface area contributed by atoms with Crippen molar-refractivity contribution in [1.82, 2.24) is 0 Å². The summed E-state index contributed by atoms with van der Waals surface area (Å²) in [5, 5.41) is 10.1. The summed E-state index contributed by atoms with van der Waals surface area (Å²) >= 11 is 0. The molecule has 86 valence electrons. The first-order chi connectivity index (χ1) is 7.74. The quantitative estimate of drug-likeness (QED) is 0.823. The van der Waals surface area contributed by atoms with Crippen LogP contribution in [0.4, 0.5) is 0 Å². The highest BCUT2D eigenvalue weighted by Gasteiger charge is 2.38. The minimum Gasteiger partial charge on any atom is -0.392 e. The summed E-state index contributed by atoms with van der Waals surface area (Å²) in [6, 6.07) is 6.79. The number of aliphatic hydroxyl groups is 1. The first kappa shape index (κ1) is 10.3. The molecule has 0 saturated heterocycles. The Kier molecular flexibility index (Phi) is 2.51. The lowest BCUT2D eigenvalue weighted by atomic mass is 10.00. The molecular weight excluding hydrogens is 196 g/mol. The Morgan fingerprint density at radius 1 is 1.31 bits per heavy atom. The van der Waals surface area contributed by atoms with Gasteiger partial charge in [-0.1, -0.05) is 25.1 Å². The Balaban J connectivity index is 1.70. The molecule has 0 aromatic heterocycles. The van der Waals surface area contributed by atoms with Gasteiger partial charge in [0.15, 0.2) is 0 Å². The number of aryl methyl sites for hydroxylation is 2. The molecule has 3 unspecified atom stereocenters. The maximum Gasteiger partial charge on any atom is 0.0611 e. The zero-order chi connectivity index (χ0) is 11.1. The summed E-state index contributed by atoms with van der Waals surface area (Å²) in [5.41, 5.74) is 4.37. The molecule has 0 bridgehead atoms. The molecule has 2 aliphatic rings. The average Bonchev–Trinajstić information content (AvgIpc) is 2.83. The van der Waals surface area contributed by atoms with Crippen molar-refractivity contribution in [3.8, 4) is 0 Å². The molecular formula is C15H20O. The fourth-order valence-corrected chi connectivity index (χ4v) is 3.03. The molecule has 1 N–H and O–H groups in total. The SMILES string of the molecule is CC1CC1C(O)Cc1ccc2c(c1)CCC2. The maximum absolute atomic E-state index is 10.1. The lowest BCUT2D eigenvalue weighted by molar-refractivity contribution is 0.146. The number of benzene rings is 1. The molecule has 0 heterocycles. The summed E-state index contributed by atoms with van der Waals surface area (Å²) in [4.78, 5) is 0. The zero-order valence-electron chi connectivity index (χ0n) is 9.95. The van der Waals surface area contributed by atoms with Gasteiger partial charge in [0.2, 0.25) is 0 Å². The third kappa shape index (κ3) is 1.89. The maximum atomic E-state index is 10.1. The molecule has 1 heteroatoms. The second-order valence-corrected chi connectivity index (χ2v) is 5.60. The molecule has 16 heavy (non-hydrogen) atoms. The van der Waals surface area contributed by atoms with E-state index in [1.54, 1.807) is 0 Å². The lowest BCUT2D eigenvalue weighted by Crippen LogP contribution is -2.14. The molecule has 3 atom stereocenters. The summed E-state index contributed by atoms with van der Waals surface area (Å²) < 4.78 is 0. The second kappa shape index (κ2) is 3.89. The van der Waals surface area contributed by atoms with E-state index in [1.165, 1.54) is 42.4 Å². The Hall–Kier alpha value is -0.820. The van der Waals surface area contributed by atoms with Crippen LogP contribution in [0.3, 0.4) is 0 Å².